The number of amides is 1. The second kappa shape index (κ2) is 7.00. The maximum Gasteiger partial charge on any atom is 0.303 e. The van der Waals surface area contributed by atoms with Gasteiger partial charge in [-0.25, -0.2) is 0 Å². The monoisotopic (exact) mass is 348 g/mol. The van der Waals surface area contributed by atoms with Crippen molar-refractivity contribution in [3.63, 3.8) is 0 Å². The third kappa shape index (κ3) is 3.73. The Morgan fingerprint density at radius 3 is 2.67 bits per heavy atom. The second-order valence-corrected chi connectivity index (χ2v) is 6.40. The van der Waals surface area contributed by atoms with Gasteiger partial charge in [0.1, 0.15) is 0 Å². The number of H-pyrrole nitrogens is 1. The third-order valence-electron chi connectivity index (χ3n) is 4.31. The molecule has 2 aromatic rings. The average molecular weight is 349 g/mol. The number of carbonyl (C=O) groups is 2. The van der Waals surface area contributed by atoms with Crippen molar-refractivity contribution in [2.75, 3.05) is 13.1 Å². The number of nitrogens with one attached hydrogen (secondary N) is 1. The minimum atomic E-state index is -0.875. The fraction of sp³-hybridized carbons (Fsp3) is 0.375. The number of carboxylic acids is 1. The molecule has 1 aliphatic rings. The maximum absolute atomic E-state index is 12.5. The Hall–Kier alpha value is -2.41. The molecule has 126 valence electrons. The SMILES string of the molecule is O=C(O)C[C@H]1CN(C(=O)Cc2ccc(Cl)cc2)C[C@H]1c1cn[nH]n1. The van der Waals surface area contributed by atoms with Crippen LogP contribution in [0.1, 0.15) is 23.6 Å². The van der Waals surface area contributed by atoms with Crippen molar-refractivity contribution < 1.29 is 14.7 Å². The summed E-state index contributed by atoms with van der Waals surface area (Å²) >= 11 is 5.85. The largest absolute Gasteiger partial charge is 0.481 e. The van der Waals surface area contributed by atoms with Crippen LogP contribution in [-0.2, 0) is 16.0 Å². The number of aromatic amines is 1. The summed E-state index contributed by atoms with van der Waals surface area (Å²) in [5, 5.41) is 20.1. The summed E-state index contributed by atoms with van der Waals surface area (Å²) in [5.41, 5.74) is 1.58. The van der Waals surface area contributed by atoms with Crippen LogP contribution >= 0.6 is 11.6 Å². The van der Waals surface area contributed by atoms with E-state index in [1.807, 2.05) is 12.1 Å². The van der Waals surface area contributed by atoms with Gasteiger partial charge in [0.2, 0.25) is 5.91 Å². The summed E-state index contributed by atoms with van der Waals surface area (Å²) in [6.45, 7) is 0.868. The molecule has 8 heteroatoms. The molecular weight excluding hydrogens is 332 g/mol. The average Bonchev–Trinajstić information content (AvgIpc) is 3.18. The molecule has 1 saturated heterocycles. The van der Waals surface area contributed by atoms with Gasteiger partial charge in [-0.15, -0.1) is 0 Å². The molecule has 2 atom stereocenters. The van der Waals surface area contributed by atoms with Crippen molar-refractivity contribution in [2.24, 2.45) is 5.92 Å². The third-order valence-corrected chi connectivity index (χ3v) is 4.56. The van der Waals surface area contributed by atoms with Crippen LogP contribution in [0.25, 0.3) is 0 Å². The summed E-state index contributed by atoms with van der Waals surface area (Å²) < 4.78 is 0. The molecule has 2 heterocycles. The number of halogens is 1. The molecule has 0 unspecified atom stereocenters. The number of carboxylic acid groups (broad SMARTS) is 1. The Balaban J connectivity index is 1.70. The van der Waals surface area contributed by atoms with Crippen LogP contribution in [0.3, 0.4) is 0 Å². The topological polar surface area (TPSA) is 99.2 Å². The predicted molar refractivity (Wildman–Crippen MR) is 86.6 cm³/mol. The van der Waals surface area contributed by atoms with Crippen molar-refractivity contribution in [3.8, 4) is 0 Å². The van der Waals surface area contributed by atoms with Gasteiger partial charge in [-0.05, 0) is 23.6 Å². The number of nitrogens with zero attached hydrogens (tertiary/aromatic N) is 3. The van der Waals surface area contributed by atoms with E-state index in [0.29, 0.717) is 23.8 Å². The van der Waals surface area contributed by atoms with Crippen LogP contribution in [0.15, 0.2) is 30.5 Å². The normalized spacial score (nSPS) is 20.3. The molecule has 1 aromatic carbocycles. The van der Waals surface area contributed by atoms with Crippen LogP contribution in [-0.4, -0.2) is 50.4 Å². The first kappa shape index (κ1) is 16.4. The fourth-order valence-corrected chi connectivity index (χ4v) is 3.24. The van der Waals surface area contributed by atoms with E-state index in [1.54, 1.807) is 23.2 Å². The second-order valence-electron chi connectivity index (χ2n) is 5.96. The first-order valence-corrected chi connectivity index (χ1v) is 8.00. The van der Waals surface area contributed by atoms with E-state index >= 15 is 0 Å². The van der Waals surface area contributed by atoms with Crippen molar-refractivity contribution in [1.82, 2.24) is 20.3 Å². The quantitative estimate of drug-likeness (QED) is 0.857. The van der Waals surface area contributed by atoms with Crippen molar-refractivity contribution >= 4 is 23.5 Å². The number of hydrogen-bond acceptors (Lipinski definition) is 4. The number of benzene rings is 1. The van der Waals surface area contributed by atoms with E-state index in [1.165, 1.54) is 0 Å². The number of aliphatic carboxylic acids is 1. The van der Waals surface area contributed by atoms with E-state index in [2.05, 4.69) is 15.4 Å². The lowest BCUT2D eigenvalue weighted by atomic mass is 9.91. The molecule has 1 aliphatic heterocycles. The molecule has 7 nitrogen and oxygen atoms in total. The zero-order chi connectivity index (χ0) is 17.1. The summed E-state index contributed by atoms with van der Waals surface area (Å²) in [4.78, 5) is 25.4. The first-order valence-electron chi connectivity index (χ1n) is 7.62. The molecule has 1 amide bonds. The number of rotatable bonds is 5. The predicted octanol–water partition coefficient (Wildman–Crippen LogP) is 1.72. The van der Waals surface area contributed by atoms with Gasteiger partial charge in [0.25, 0.3) is 0 Å². The highest BCUT2D eigenvalue weighted by molar-refractivity contribution is 6.30. The Kier molecular flexibility index (Phi) is 4.80. The van der Waals surface area contributed by atoms with Gasteiger partial charge in [0.05, 0.1) is 24.7 Å². The highest BCUT2D eigenvalue weighted by atomic mass is 35.5. The summed E-state index contributed by atoms with van der Waals surface area (Å²) in [6.07, 6.45) is 1.86. The minimum absolute atomic E-state index is 0.00223. The van der Waals surface area contributed by atoms with Crippen LogP contribution < -0.4 is 0 Å². The van der Waals surface area contributed by atoms with Gasteiger partial charge in [0, 0.05) is 24.0 Å². The molecule has 0 radical (unpaired) electrons. The Morgan fingerprint density at radius 1 is 1.29 bits per heavy atom. The van der Waals surface area contributed by atoms with Gasteiger partial charge in [-0.1, -0.05) is 23.7 Å². The molecule has 0 spiro atoms. The lowest BCUT2D eigenvalue weighted by Crippen LogP contribution is -2.30. The molecule has 0 aliphatic carbocycles. The van der Waals surface area contributed by atoms with Crippen molar-refractivity contribution in [2.45, 2.75) is 18.8 Å². The molecule has 1 fully saturated rings. The standard InChI is InChI=1S/C16H17ClN4O3/c17-12-3-1-10(2-4-12)5-15(22)21-8-11(6-16(23)24)13(9-21)14-7-18-20-19-14/h1-4,7,11,13H,5-6,8-9H2,(H,23,24)(H,18,19,20)/t11-,13+/m0/s1. The van der Waals surface area contributed by atoms with E-state index in [9.17, 15) is 9.59 Å². The van der Waals surface area contributed by atoms with Crippen LogP contribution in [0.2, 0.25) is 5.02 Å². The van der Waals surface area contributed by atoms with E-state index in [0.717, 1.165) is 5.56 Å². The highest BCUT2D eigenvalue weighted by Crippen LogP contribution is 2.33. The molecular formula is C16H17ClN4O3. The van der Waals surface area contributed by atoms with Crippen LogP contribution in [0.4, 0.5) is 0 Å². The smallest absolute Gasteiger partial charge is 0.303 e. The Morgan fingerprint density at radius 2 is 2.04 bits per heavy atom. The lowest BCUT2D eigenvalue weighted by molar-refractivity contribution is -0.138. The van der Waals surface area contributed by atoms with E-state index in [-0.39, 0.29) is 30.6 Å². The Bertz CT molecular complexity index is 717. The first-order chi connectivity index (χ1) is 11.5. The number of hydrogen-bond donors (Lipinski definition) is 2. The van der Waals surface area contributed by atoms with Crippen molar-refractivity contribution in [3.05, 3.63) is 46.7 Å². The molecule has 2 N–H and O–H groups in total. The number of carbonyl (C=O) groups excluding carboxylic acids is 1. The van der Waals surface area contributed by atoms with Crippen LogP contribution in [0.5, 0.6) is 0 Å². The van der Waals surface area contributed by atoms with Gasteiger partial charge < -0.3 is 10.0 Å². The zero-order valence-electron chi connectivity index (χ0n) is 12.9. The molecule has 3 rings (SSSR count). The summed E-state index contributed by atoms with van der Waals surface area (Å²) in [5.74, 6) is -1.19. The van der Waals surface area contributed by atoms with Crippen molar-refractivity contribution in [1.29, 1.82) is 0 Å². The molecule has 0 saturated carbocycles. The van der Waals surface area contributed by atoms with Crippen LogP contribution in [0, 0.1) is 5.92 Å². The highest BCUT2D eigenvalue weighted by Gasteiger charge is 2.38. The fourth-order valence-electron chi connectivity index (χ4n) is 3.12. The minimum Gasteiger partial charge on any atom is -0.481 e. The molecule has 1 aromatic heterocycles. The van der Waals surface area contributed by atoms with Gasteiger partial charge in [-0.3, -0.25) is 9.59 Å². The number of aromatic nitrogens is 3. The van der Waals surface area contributed by atoms with Gasteiger partial charge in [-0.2, -0.15) is 15.4 Å². The zero-order valence-corrected chi connectivity index (χ0v) is 13.6. The lowest BCUT2D eigenvalue weighted by Gasteiger charge is -2.16. The van der Waals surface area contributed by atoms with E-state index < -0.39 is 5.97 Å². The molecule has 0 bridgehead atoms. The van der Waals surface area contributed by atoms with Gasteiger partial charge >= 0.3 is 5.97 Å². The summed E-state index contributed by atoms with van der Waals surface area (Å²) in [6, 6.07) is 7.14. The maximum atomic E-state index is 12.5. The number of likely N-dealkylation sites (tertiary alicyclic amines) is 1. The van der Waals surface area contributed by atoms with Gasteiger partial charge in [0.15, 0.2) is 0 Å². The Labute approximate surface area is 143 Å². The molecule has 24 heavy (non-hydrogen) atoms. The van der Waals surface area contributed by atoms with E-state index in [4.69, 9.17) is 16.7 Å². The summed E-state index contributed by atoms with van der Waals surface area (Å²) in [7, 11) is 0.